The number of nitrogens with zero attached hydrogens (tertiary/aromatic N) is 1. The van der Waals surface area contributed by atoms with Crippen LogP contribution in [0.4, 0.5) is 0 Å². The van der Waals surface area contributed by atoms with Crippen LogP contribution in [0, 0.1) is 0 Å². The van der Waals surface area contributed by atoms with Gasteiger partial charge in [-0.25, -0.2) is 9.79 Å². The molecule has 0 saturated heterocycles. The fraction of sp³-hybridized carbons (Fsp3) is 0.571. The van der Waals surface area contributed by atoms with Crippen molar-refractivity contribution < 1.29 is 14.3 Å². The molecule has 0 aromatic rings. The maximum absolute atomic E-state index is 12.1. The first-order valence-electron chi connectivity index (χ1n) is 12.2. The first-order valence-corrected chi connectivity index (χ1v) is 12.2. The first-order chi connectivity index (χ1) is 15.8. The zero-order valence-corrected chi connectivity index (χ0v) is 20.2. The van der Waals surface area contributed by atoms with E-state index in [2.05, 4.69) is 72.7 Å². The lowest BCUT2D eigenvalue weighted by atomic mass is 10.1. The molecule has 0 aliphatic carbocycles. The fourth-order valence-corrected chi connectivity index (χ4v) is 2.94. The van der Waals surface area contributed by atoms with Gasteiger partial charge in [0, 0.05) is 13.0 Å². The SMILES string of the molecule is CC/C=C\C/C=C\C/C=C\C/C=C\C/C=C\CCCCOC(CC)C(=O)CCCN=C=O. The molecule has 0 aliphatic rings. The van der Waals surface area contributed by atoms with Crippen molar-refractivity contribution in [2.24, 2.45) is 4.99 Å². The summed E-state index contributed by atoms with van der Waals surface area (Å²) >= 11 is 0. The van der Waals surface area contributed by atoms with Crippen molar-refractivity contribution in [3.63, 3.8) is 0 Å². The van der Waals surface area contributed by atoms with E-state index in [1.807, 2.05) is 6.92 Å². The van der Waals surface area contributed by atoms with Gasteiger partial charge in [0.05, 0.1) is 6.54 Å². The lowest BCUT2D eigenvalue weighted by Crippen LogP contribution is -2.24. The van der Waals surface area contributed by atoms with Crippen molar-refractivity contribution in [1.82, 2.24) is 0 Å². The molecule has 0 heterocycles. The van der Waals surface area contributed by atoms with Crippen LogP contribution >= 0.6 is 0 Å². The van der Waals surface area contributed by atoms with Crippen molar-refractivity contribution in [3.05, 3.63) is 60.8 Å². The summed E-state index contributed by atoms with van der Waals surface area (Å²) in [5.74, 6) is 0.103. The minimum Gasteiger partial charge on any atom is -0.370 e. The van der Waals surface area contributed by atoms with Crippen LogP contribution in [0.1, 0.15) is 84.5 Å². The van der Waals surface area contributed by atoms with Crippen molar-refractivity contribution in [3.8, 4) is 0 Å². The van der Waals surface area contributed by atoms with E-state index in [4.69, 9.17) is 4.74 Å². The summed E-state index contributed by atoms with van der Waals surface area (Å²) in [5.41, 5.74) is 0. The van der Waals surface area contributed by atoms with Gasteiger partial charge in [-0.15, -0.1) is 0 Å². The molecule has 0 aromatic heterocycles. The smallest absolute Gasteiger partial charge is 0.234 e. The van der Waals surface area contributed by atoms with Gasteiger partial charge >= 0.3 is 0 Å². The number of allylic oxidation sites excluding steroid dienone is 10. The highest BCUT2D eigenvalue weighted by Gasteiger charge is 2.15. The Hall–Kier alpha value is -2.29. The second-order valence-electron chi connectivity index (χ2n) is 7.51. The van der Waals surface area contributed by atoms with E-state index in [9.17, 15) is 9.59 Å². The number of hydrogen-bond acceptors (Lipinski definition) is 4. The first kappa shape index (κ1) is 29.7. The van der Waals surface area contributed by atoms with Crippen LogP contribution in [0.15, 0.2) is 65.8 Å². The number of isocyanates is 1. The monoisotopic (exact) mass is 441 g/mol. The van der Waals surface area contributed by atoms with Gasteiger partial charge in [0.25, 0.3) is 0 Å². The van der Waals surface area contributed by atoms with Gasteiger partial charge in [-0.05, 0) is 64.2 Å². The number of ketones is 1. The summed E-state index contributed by atoms with van der Waals surface area (Å²) < 4.78 is 5.73. The normalized spacial score (nSPS) is 13.2. The van der Waals surface area contributed by atoms with Crippen LogP contribution in [-0.4, -0.2) is 31.1 Å². The van der Waals surface area contributed by atoms with Crippen molar-refractivity contribution in [1.29, 1.82) is 0 Å². The van der Waals surface area contributed by atoms with Gasteiger partial charge in [-0.1, -0.05) is 74.6 Å². The molecule has 0 rings (SSSR count). The molecular weight excluding hydrogens is 398 g/mol. The van der Waals surface area contributed by atoms with Gasteiger partial charge < -0.3 is 4.74 Å². The predicted octanol–water partition coefficient (Wildman–Crippen LogP) is 7.39. The summed E-state index contributed by atoms with van der Waals surface area (Å²) in [6.45, 7) is 5.08. The molecule has 0 amide bonds. The Bertz CT molecular complexity index is 637. The molecule has 1 unspecified atom stereocenters. The maximum atomic E-state index is 12.1. The zero-order valence-electron chi connectivity index (χ0n) is 20.2. The van der Waals surface area contributed by atoms with E-state index in [-0.39, 0.29) is 11.9 Å². The van der Waals surface area contributed by atoms with Gasteiger partial charge in [0.1, 0.15) is 6.10 Å². The zero-order chi connectivity index (χ0) is 23.5. The van der Waals surface area contributed by atoms with Gasteiger partial charge in [-0.2, -0.15) is 0 Å². The van der Waals surface area contributed by atoms with Gasteiger partial charge in [0.15, 0.2) is 5.78 Å². The summed E-state index contributed by atoms with van der Waals surface area (Å²) in [6.07, 6.45) is 33.0. The molecule has 0 aliphatic heterocycles. The molecule has 32 heavy (non-hydrogen) atoms. The Balaban J connectivity index is 3.66. The fourth-order valence-electron chi connectivity index (χ4n) is 2.94. The number of unbranched alkanes of at least 4 members (excludes halogenated alkanes) is 2. The Morgan fingerprint density at radius 3 is 1.91 bits per heavy atom. The Morgan fingerprint density at radius 1 is 0.812 bits per heavy atom. The molecule has 0 saturated carbocycles. The molecule has 0 spiro atoms. The van der Waals surface area contributed by atoms with Crippen molar-refractivity contribution in [2.45, 2.75) is 90.6 Å². The third-order valence-corrected chi connectivity index (χ3v) is 4.73. The van der Waals surface area contributed by atoms with Crippen LogP contribution in [0.3, 0.4) is 0 Å². The van der Waals surface area contributed by atoms with Crippen LogP contribution < -0.4 is 0 Å². The molecule has 0 N–H and O–H groups in total. The number of Topliss-reactive ketones (excluding diaryl/α,β-unsaturated/α-hetero) is 1. The van der Waals surface area contributed by atoms with E-state index < -0.39 is 0 Å². The Labute approximate surface area is 195 Å². The van der Waals surface area contributed by atoms with Crippen LogP contribution in [0.5, 0.6) is 0 Å². The molecule has 0 radical (unpaired) electrons. The minimum absolute atomic E-state index is 0.103. The number of ether oxygens (including phenoxy) is 1. The molecule has 4 nitrogen and oxygen atoms in total. The van der Waals surface area contributed by atoms with Gasteiger partial charge in [-0.3, -0.25) is 4.79 Å². The second-order valence-corrected chi connectivity index (χ2v) is 7.51. The lowest BCUT2D eigenvalue weighted by Gasteiger charge is -2.14. The van der Waals surface area contributed by atoms with E-state index in [1.54, 1.807) is 0 Å². The standard InChI is InChI=1S/C28H43NO3/c1-3-5-6-7-8-9-10-11-12-13-14-15-16-17-18-19-20-21-25-32-28(4-2)27(31)23-22-24-29-26-30/h5-6,8-9,11-12,14-15,17-18,28H,3-4,7,10,13,16,19-25H2,1-2H3/b6-5-,9-8-,12-11-,15-14-,18-17-. The number of aliphatic imine (C=N–C) groups is 1. The minimum atomic E-state index is -0.330. The number of carbonyl (C=O) groups excluding carboxylic acids is 2. The highest BCUT2D eigenvalue weighted by atomic mass is 16.5. The lowest BCUT2D eigenvalue weighted by molar-refractivity contribution is -0.130. The molecule has 4 heteroatoms. The van der Waals surface area contributed by atoms with Crippen LogP contribution in [0.25, 0.3) is 0 Å². The molecule has 1 atom stereocenters. The van der Waals surface area contributed by atoms with Crippen LogP contribution in [-0.2, 0) is 14.3 Å². The quantitative estimate of drug-likeness (QED) is 0.0807. The molecule has 0 fully saturated rings. The van der Waals surface area contributed by atoms with Gasteiger partial charge in [0.2, 0.25) is 6.08 Å². The maximum Gasteiger partial charge on any atom is 0.234 e. The van der Waals surface area contributed by atoms with E-state index in [1.165, 1.54) is 6.08 Å². The highest BCUT2D eigenvalue weighted by Crippen LogP contribution is 2.07. The third-order valence-electron chi connectivity index (χ3n) is 4.73. The number of hydrogen-bond donors (Lipinski definition) is 0. The van der Waals surface area contributed by atoms with Crippen molar-refractivity contribution in [2.75, 3.05) is 13.2 Å². The topological polar surface area (TPSA) is 55.7 Å². The Kier molecular flexibility index (Phi) is 23.2. The summed E-state index contributed by atoms with van der Waals surface area (Å²) in [7, 11) is 0. The van der Waals surface area contributed by atoms with E-state index in [0.29, 0.717) is 32.4 Å². The van der Waals surface area contributed by atoms with Crippen molar-refractivity contribution >= 4 is 11.9 Å². The van der Waals surface area contributed by atoms with Crippen LogP contribution in [0.2, 0.25) is 0 Å². The molecular formula is C28H43NO3. The average Bonchev–Trinajstić information content (AvgIpc) is 2.80. The van der Waals surface area contributed by atoms with E-state index >= 15 is 0 Å². The third kappa shape index (κ3) is 21.0. The molecule has 0 bridgehead atoms. The number of rotatable bonds is 21. The second kappa shape index (κ2) is 25.0. The van der Waals surface area contributed by atoms with E-state index in [0.717, 1.165) is 51.4 Å². The average molecular weight is 442 g/mol. The summed E-state index contributed by atoms with van der Waals surface area (Å²) in [6, 6.07) is 0. The largest absolute Gasteiger partial charge is 0.370 e. The highest BCUT2D eigenvalue weighted by molar-refractivity contribution is 5.82. The molecule has 0 aromatic carbocycles. The summed E-state index contributed by atoms with van der Waals surface area (Å²) in [4.78, 5) is 25.6. The molecule has 178 valence electrons. The predicted molar refractivity (Wildman–Crippen MR) is 136 cm³/mol. The Morgan fingerprint density at radius 2 is 1.38 bits per heavy atom. The number of carbonyl (C=O) groups is 1. The summed E-state index contributed by atoms with van der Waals surface area (Å²) in [5, 5.41) is 0.